The summed E-state index contributed by atoms with van der Waals surface area (Å²) in [7, 11) is 1.57. The second-order valence-corrected chi connectivity index (χ2v) is 6.01. The third-order valence-corrected chi connectivity index (χ3v) is 4.31. The molecule has 0 aliphatic heterocycles. The fraction of sp³-hybridized carbons (Fsp3) is 0.350. The van der Waals surface area contributed by atoms with E-state index in [1.807, 2.05) is 38.1 Å². The lowest BCUT2D eigenvalue weighted by Gasteiger charge is -2.29. The number of hydrogen-bond donors (Lipinski definition) is 0. The standard InChI is InChI=1S/C20H22F3NO2/c1-4-24(14(2)16-8-6-10-18(13-16)26-3)19(25)12-15-7-5-9-17(11-15)20(21,22)23/h5-11,13-14H,4,12H2,1-3H3. The molecule has 0 fully saturated rings. The number of rotatable bonds is 6. The van der Waals surface area contributed by atoms with E-state index in [2.05, 4.69) is 0 Å². The van der Waals surface area contributed by atoms with Crippen molar-refractivity contribution in [3.63, 3.8) is 0 Å². The first kappa shape index (κ1) is 19.8. The van der Waals surface area contributed by atoms with Crippen molar-refractivity contribution < 1.29 is 22.7 Å². The van der Waals surface area contributed by atoms with Crippen molar-refractivity contribution in [1.29, 1.82) is 0 Å². The number of alkyl halides is 3. The zero-order valence-corrected chi connectivity index (χ0v) is 15.0. The van der Waals surface area contributed by atoms with Crippen LogP contribution in [0, 0.1) is 0 Å². The Hall–Kier alpha value is -2.50. The molecule has 0 aliphatic carbocycles. The van der Waals surface area contributed by atoms with E-state index in [4.69, 9.17) is 4.74 Å². The minimum atomic E-state index is -4.42. The molecule has 6 heteroatoms. The van der Waals surface area contributed by atoms with Gasteiger partial charge in [0.25, 0.3) is 0 Å². The molecule has 0 radical (unpaired) electrons. The summed E-state index contributed by atoms with van der Waals surface area (Å²) in [5.74, 6) is 0.470. The van der Waals surface area contributed by atoms with Gasteiger partial charge < -0.3 is 9.64 Å². The van der Waals surface area contributed by atoms with Crippen LogP contribution in [0.15, 0.2) is 48.5 Å². The molecule has 0 bridgehead atoms. The van der Waals surface area contributed by atoms with E-state index in [-0.39, 0.29) is 18.4 Å². The SMILES string of the molecule is CCN(C(=O)Cc1cccc(C(F)(F)F)c1)C(C)c1cccc(OC)c1. The van der Waals surface area contributed by atoms with Crippen molar-refractivity contribution in [2.24, 2.45) is 0 Å². The van der Waals surface area contributed by atoms with Crippen LogP contribution in [0.3, 0.4) is 0 Å². The molecule has 140 valence electrons. The van der Waals surface area contributed by atoms with Crippen LogP contribution in [0.25, 0.3) is 0 Å². The van der Waals surface area contributed by atoms with Crippen LogP contribution >= 0.6 is 0 Å². The Labute approximate surface area is 151 Å². The van der Waals surface area contributed by atoms with Gasteiger partial charge in [-0.1, -0.05) is 30.3 Å². The summed E-state index contributed by atoms with van der Waals surface area (Å²) in [4.78, 5) is 14.3. The topological polar surface area (TPSA) is 29.5 Å². The number of likely N-dealkylation sites (N-methyl/N-ethyl adjacent to an activating group) is 1. The van der Waals surface area contributed by atoms with Gasteiger partial charge >= 0.3 is 6.18 Å². The molecule has 1 unspecified atom stereocenters. The van der Waals surface area contributed by atoms with Crippen molar-refractivity contribution >= 4 is 5.91 Å². The van der Waals surface area contributed by atoms with Gasteiger partial charge in [0, 0.05) is 6.54 Å². The van der Waals surface area contributed by atoms with Gasteiger partial charge in [0.2, 0.25) is 5.91 Å². The highest BCUT2D eigenvalue weighted by Crippen LogP contribution is 2.30. The molecule has 0 spiro atoms. The van der Waals surface area contributed by atoms with E-state index >= 15 is 0 Å². The second kappa shape index (κ2) is 8.25. The van der Waals surface area contributed by atoms with E-state index in [0.717, 1.165) is 17.7 Å². The monoisotopic (exact) mass is 365 g/mol. The number of methoxy groups -OCH3 is 1. The average molecular weight is 365 g/mol. The van der Waals surface area contributed by atoms with E-state index in [1.165, 1.54) is 12.1 Å². The number of ether oxygens (including phenoxy) is 1. The molecule has 26 heavy (non-hydrogen) atoms. The Kier molecular flexibility index (Phi) is 6.29. The van der Waals surface area contributed by atoms with Crippen LogP contribution < -0.4 is 4.74 Å². The van der Waals surface area contributed by atoms with Gasteiger partial charge in [-0.05, 0) is 43.2 Å². The Morgan fingerprint density at radius 3 is 2.46 bits per heavy atom. The highest BCUT2D eigenvalue weighted by atomic mass is 19.4. The zero-order valence-electron chi connectivity index (χ0n) is 15.0. The third-order valence-electron chi connectivity index (χ3n) is 4.31. The summed E-state index contributed by atoms with van der Waals surface area (Å²) < 4.78 is 43.7. The van der Waals surface area contributed by atoms with Gasteiger partial charge in [-0.3, -0.25) is 4.79 Å². The van der Waals surface area contributed by atoms with E-state index < -0.39 is 11.7 Å². The molecule has 1 amide bonds. The van der Waals surface area contributed by atoms with Crippen molar-refractivity contribution in [3.8, 4) is 5.75 Å². The van der Waals surface area contributed by atoms with E-state index in [0.29, 0.717) is 17.9 Å². The van der Waals surface area contributed by atoms with Crippen LogP contribution in [0.2, 0.25) is 0 Å². The summed E-state index contributed by atoms with van der Waals surface area (Å²) in [6.45, 7) is 4.19. The van der Waals surface area contributed by atoms with Gasteiger partial charge in [-0.15, -0.1) is 0 Å². The molecule has 2 aromatic rings. The molecule has 0 aromatic heterocycles. The van der Waals surface area contributed by atoms with Crippen LogP contribution in [0.4, 0.5) is 13.2 Å². The molecule has 3 nitrogen and oxygen atoms in total. The van der Waals surface area contributed by atoms with Crippen LogP contribution in [-0.2, 0) is 17.4 Å². The lowest BCUT2D eigenvalue weighted by atomic mass is 10.0. The number of halogens is 3. The largest absolute Gasteiger partial charge is 0.497 e. The van der Waals surface area contributed by atoms with Crippen LogP contribution in [0.1, 0.15) is 36.6 Å². The van der Waals surface area contributed by atoms with Crippen molar-refractivity contribution in [2.75, 3.05) is 13.7 Å². The number of carbonyl (C=O) groups excluding carboxylic acids is 1. The summed E-state index contributed by atoms with van der Waals surface area (Å²) in [5.41, 5.74) is 0.511. The molecular formula is C20H22F3NO2. The number of nitrogens with zero attached hydrogens (tertiary/aromatic N) is 1. The third kappa shape index (κ3) is 4.77. The van der Waals surface area contributed by atoms with Gasteiger partial charge in [0.05, 0.1) is 25.1 Å². The maximum Gasteiger partial charge on any atom is 0.416 e. The maximum atomic E-state index is 12.8. The van der Waals surface area contributed by atoms with Gasteiger partial charge in [-0.2, -0.15) is 13.2 Å². The fourth-order valence-corrected chi connectivity index (χ4v) is 2.88. The van der Waals surface area contributed by atoms with Gasteiger partial charge in [-0.25, -0.2) is 0 Å². The lowest BCUT2D eigenvalue weighted by molar-refractivity contribution is -0.138. The van der Waals surface area contributed by atoms with Crippen molar-refractivity contribution in [1.82, 2.24) is 4.90 Å². The molecule has 0 saturated carbocycles. The predicted octanol–water partition coefficient (Wildman–Crippen LogP) is 4.87. The quantitative estimate of drug-likeness (QED) is 0.731. The highest BCUT2D eigenvalue weighted by Gasteiger charge is 2.30. The molecular weight excluding hydrogens is 343 g/mol. The van der Waals surface area contributed by atoms with Gasteiger partial charge in [0.1, 0.15) is 5.75 Å². The maximum absolute atomic E-state index is 12.8. The van der Waals surface area contributed by atoms with E-state index in [1.54, 1.807) is 12.0 Å². The first-order valence-corrected chi connectivity index (χ1v) is 8.35. The molecule has 2 rings (SSSR count). The number of amides is 1. The molecule has 0 heterocycles. The van der Waals surface area contributed by atoms with Crippen molar-refractivity contribution in [2.45, 2.75) is 32.5 Å². The molecule has 0 N–H and O–H groups in total. The minimum absolute atomic E-state index is 0.0773. The predicted molar refractivity (Wildman–Crippen MR) is 93.9 cm³/mol. The van der Waals surface area contributed by atoms with Crippen LogP contribution in [-0.4, -0.2) is 24.5 Å². The van der Waals surface area contributed by atoms with Gasteiger partial charge in [0.15, 0.2) is 0 Å². The Bertz CT molecular complexity index is 759. The molecule has 0 aliphatic rings. The lowest BCUT2D eigenvalue weighted by Crippen LogP contribution is -2.34. The highest BCUT2D eigenvalue weighted by molar-refractivity contribution is 5.79. The summed E-state index contributed by atoms with van der Waals surface area (Å²) in [6.07, 6.45) is -4.50. The Morgan fingerprint density at radius 1 is 1.15 bits per heavy atom. The Morgan fingerprint density at radius 2 is 1.85 bits per heavy atom. The Balaban J connectivity index is 2.18. The zero-order chi connectivity index (χ0) is 19.3. The number of benzene rings is 2. The number of carbonyl (C=O) groups is 1. The first-order valence-electron chi connectivity index (χ1n) is 8.35. The molecule has 0 saturated heterocycles. The smallest absolute Gasteiger partial charge is 0.416 e. The second-order valence-electron chi connectivity index (χ2n) is 6.01. The average Bonchev–Trinajstić information content (AvgIpc) is 2.61. The minimum Gasteiger partial charge on any atom is -0.497 e. The normalized spacial score (nSPS) is 12.5. The summed E-state index contributed by atoms with van der Waals surface area (Å²) in [5, 5.41) is 0. The number of hydrogen-bond acceptors (Lipinski definition) is 2. The molecule has 2 aromatic carbocycles. The molecule has 1 atom stereocenters. The summed E-state index contributed by atoms with van der Waals surface area (Å²) >= 11 is 0. The fourth-order valence-electron chi connectivity index (χ4n) is 2.88. The summed E-state index contributed by atoms with van der Waals surface area (Å²) in [6, 6.07) is 12.1. The van der Waals surface area contributed by atoms with E-state index in [9.17, 15) is 18.0 Å². The van der Waals surface area contributed by atoms with Crippen molar-refractivity contribution in [3.05, 3.63) is 65.2 Å². The van der Waals surface area contributed by atoms with Crippen LogP contribution in [0.5, 0.6) is 5.75 Å². The first-order chi connectivity index (χ1) is 12.3.